The average Bonchev–Trinajstić information content (AvgIpc) is 2.96. The van der Waals surface area contributed by atoms with Crippen LogP contribution in [0.15, 0.2) is 54.6 Å². The summed E-state index contributed by atoms with van der Waals surface area (Å²) in [5.41, 5.74) is 1.05. The molecule has 2 aromatic carbocycles. The quantitative estimate of drug-likeness (QED) is 0.688. The van der Waals surface area contributed by atoms with E-state index in [-0.39, 0.29) is 30.0 Å². The molecule has 0 spiro atoms. The van der Waals surface area contributed by atoms with Gasteiger partial charge in [-0.1, -0.05) is 18.2 Å². The molecule has 1 atom stereocenters. The first-order chi connectivity index (χ1) is 11.5. The van der Waals surface area contributed by atoms with Crippen LogP contribution in [-0.4, -0.2) is 29.3 Å². The Morgan fingerprint density at radius 1 is 1.12 bits per heavy atom. The zero-order valence-corrected chi connectivity index (χ0v) is 12.7. The molecule has 1 aliphatic rings. The molecule has 0 saturated carbocycles. The molecule has 1 fully saturated rings. The Labute approximate surface area is 138 Å². The number of carbonyl (C=O) groups is 2. The second-order valence-corrected chi connectivity index (χ2v) is 5.52. The van der Waals surface area contributed by atoms with Gasteiger partial charge in [-0.25, -0.2) is 0 Å². The number of carbonyl (C=O) groups excluding carboxylic acids is 2. The maximum Gasteiger partial charge on any atom is 0.269 e. The van der Waals surface area contributed by atoms with Gasteiger partial charge in [-0.15, -0.1) is 0 Å². The Balaban J connectivity index is 1.65. The Kier molecular flexibility index (Phi) is 4.24. The lowest BCUT2D eigenvalue weighted by Crippen LogP contribution is -2.37. The molecule has 1 heterocycles. The van der Waals surface area contributed by atoms with E-state index in [1.807, 2.05) is 30.3 Å². The van der Waals surface area contributed by atoms with Crippen molar-refractivity contribution < 1.29 is 14.5 Å². The predicted molar refractivity (Wildman–Crippen MR) is 87.8 cm³/mol. The number of nitro groups is 1. The molecule has 7 heteroatoms. The number of amides is 2. The largest absolute Gasteiger partial charge is 0.347 e. The van der Waals surface area contributed by atoms with Gasteiger partial charge >= 0.3 is 0 Å². The summed E-state index contributed by atoms with van der Waals surface area (Å²) < 4.78 is 0. The van der Waals surface area contributed by atoms with Gasteiger partial charge in [-0.05, 0) is 24.3 Å². The highest BCUT2D eigenvalue weighted by atomic mass is 16.6. The Bertz CT molecular complexity index is 774. The van der Waals surface area contributed by atoms with Crippen LogP contribution in [0.25, 0.3) is 0 Å². The Hall–Kier alpha value is -3.22. The van der Waals surface area contributed by atoms with E-state index in [4.69, 9.17) is 0 Å². The fourth-order valence-corrected chi connectivity index (χ4v) is 2.66. The lowest BCUT2D eigenvalue weighted by Gasteiger charge is -2.17. The van der Waals surface area contributed by atoms with Crippen LogP contribution in [0.4, 0.5) is 11.4 Å². The second-order valence-electron chi connectivity index (χ2n) is 5.52. The number of rotatable bonds is 4. The molecule has 2 amide bonds. The summed E-state index contributed by atoms with van der Waals surface area (Å²) in [4.78, 5) is 36.1. The first kappa shape index (κ1) is 15.7. The summed E-state index contributed by atoms with van der Waals surface area (Å²) in [7, 11) is 0. The zero-order valence-electron chi connectivity index (χ0n) is 12.7. The van der Waals surface area contributed by atoms with Gasteiger partial charge in [0.25, 0.3) is 11.6 Å². The van der Waals surface area contributed by atoms with Gasteiger partial charge in [0.05, 0.1) is 11.0 Å². The zero-order chi connectivity index (χ0) is 17.1. The minimum Gasteiger partial charge on any atom is -0.347 e. The van der Waals surface area contributed by atoms with Crippen molar-refractivity contribution in [2.24, 2.45) is 0 Å². The minimum atomic E-state index is -0.519. The number of para-hydroxylation sites is 1. The molecule has 122 valence electrons. The van der Waals surface area contributed by atoms with E-state index in [1.54, 1.807) is 4.90 Å². The normalized spacial score (nSPS) is 16.9. The van der Waals surface area contributed by atoms with Crippen molar-refractivity contribution in [3.8, 4) is 0 Å². The van der Waals surface area contributed by atoms with Crippen molar-refractivity contribution in [3.63, 3.8) is 0 Å². The van der Waals surface area contributed by atoms with Crippen LogP contribution in [0.1, 0.15) is 16.8 Å². The fraction of sp³-hybridized carbons (Fsp3) is 0.176. The monoisotopic (exact) mass is 325 g/mol. The average molecular weight is 325 g/mol. The number of anilines is 1. The highest BCUT2D eigenvalue weighted by Crippen LogP contribution is 2.21. The van der Waals surface area contributed by atoms with Gasteiger partial charge in [0.15, 0.2) is 0 Å². The summed E-state index contributed by atoms with van der Waals surface area (Å²) in [6, 6.07) is 14.3. The predicted octanol–water partition coefficient (Wildman–Crippen LogP) is 2.13. The maximum atomic E-state index is 12.2. The molecule has 1 saturated heterocycles. The Morgan fingerprint density at radius 2 is 1.79 bits per heavy atom. The highest BCUT2D eigenvalue weighted by molar-refractivity contribution is 5.99. The lowest BCUT2D eigenvalue weighted by atomic mass is 10.1. The number of nitrogens with zero attached hydrogens (tertiary/aromatic N) is 2. The molecular formula is C17H15N3O4. The van der Waals surface area contributed by atoms with Crippen LogP contribution in [0.5, 0.6) is 0 Å². The van der Waals surface area contributed by atoms with Crippen LogP contribution in [0.3, 0.4) is 0 Å². The summed E-state index contributed by atoms with van der Waals surface area (Å²) in [5, 5.41) is 13.4. The topological polar surface area (TPSA) is 92.6 Å². The van der Waals surface area contributed by atoms with Crippen LogP contribution >= 0.6 is 0 Å². The van der Waals surface area contributed by atoms with Crippen LogP contribution in [0.2, 0.25) is 0 Å². The van der Waals surface area contributed by atoms with Crippen molar-refractivity contribution >= 4 is 23.2 Å². The van der Waals surface area contributed by atoms with Crippen molar-refractivity contribution in [1.82, 2.24) is 5.32 Å². The van der Waals surface area contributed by atoms with Gasteiger partial charge in [0.1, 0.15) is 0 Å². The molecule has 7 nitrogen and oxygen atoms in total. The number of hydrogen-bond acceptors (Lipinski definition) is 4. The van der Waals surface area contributed by atoms with E-state index in [0.29, 0.717) is 12.1 Å². The summed E-state index contributed by atoms with van der Waals surface area (Å²) in [6.45, 7) is 0.404. The van der Waals surface area contributed by atoms with Crippen molar-refractivity contribution in [2.45, 2.75) is 12.5 Å². The molecule has 0 radical (unpaired) electrons. The van der Waals surface area contributed by atoms with E-state index in [1.165, 1.54) is 24.3 Å². The minimum absolute atomic E-state index is 0.0461. The second kappa shape index (κ2) is 6.49. The SMILES string of the molecule is O=C(N[C@@H]1CC(=O)N(c2ccccc2)C1)c1ccc([N+](=O)[O-])cc1. The van der Waals surface area contributed by atoms with Crippen molar-refractivity contribution in [3.05, 3.63) is 70.3 Å². The first-order valence-corrected chi connectivity index (χ1v) is 7.45. The van der Waals surface area contributed by atoms with E-state index in [0.717, 1.165) is 5.69 Å². The molecular weight excluding hydrogens is 310 g/mol. The lowest BCUT2D eigenvalue weighted by molar-refractivity contribution is -0.384. The third-order valence-corrected chi connectivity index (χ3v) is 3.87. The summed E-state index contributed by atoms with van der Waals surface area (Å²) in [6.07, 6.45) is 0.230. The van der Waals surface area contributed by atoms with Gasteiger partial charge in [-0.2, -0.15) is 0 Å². The van der Waals surface area contributed by atoms with Crippen LogP contribution in [0, 0.1) is 10.1 Å². The first-order valence-electron chi connectivity index (χ1n) is 7.45. The summed E-state index contributed by atoms with van der Waals surface area (Å²) in [5.74, 6) is -0.396. The number of nitro benzene ring substituents is 1. The molecule has 24 heavy (non-hydrogen) atoms. The van der Waals surface area contributed by atoms with Crippen LogP contribution < -0.4 is 10.2 Å². The van der Waals surface area contributed by atoms with Gasteiger partial charge in [-0.3, -0.25) is 19.7 Å². The highest BCUT2D eigenvalue weighted by Gasteiger charge is 2.31. The maximum absolute atomic E-state index is 12.2. The summed E-state index contributed by atoms with van der Waals surface area (Å²) >= 11 is 0. The molecule has 1 aliphatic heterocycles. The van der Waals surface area contributed by atoms with Crippen molar-refractivity contribution in [2.75, 3.05) is 11.4 Å². The number of benzene rings is 2. The third-order valence-electron chi connectivity index (χ3n) is 3.87. The van der Waals surface area contributed by atoms with E-state index in [2.05, 4.69) is 5.32 Å². The van der Waals surface area contributed by atoms with Crippen LogP contribution in [-0.2, 0) is 4.79 Å². The number of nitrogens with one attached hydrogen (secondary N) is 1. The molecule has 0 aliphatic carbocycles. The fourth-order valence-electron chi connectivity index (χ4n) is 2.66. The molecule has 0 bridgehead atoms. The molecule has 1 N–H and O–H groups in total. The number of non-ortho nitro benzene ring substituents is 1. The van der Waals surface area contributed by atoms with E-state index < -0.39 is 4.92 Å². The smallest absolute Gasteiger partial charge is 0.269 e. The van der Waals surface area contributed by atoms with Gasteiger partial charge in [0.2, 0.25) is 5.91 Å². The molecule has 0 unspecified atom stereocenters. The van der Waals surface area contributed by atoms with Crippen molar-refractivity contribution in [1.29, 1.82) is 0 Å². The van der Waals surface area contributed by atoms with E-state index >= 15 is 0 Å². The number of hydrogen-bond donors (Lipinski definition) is 1. The van der Waals surface area contributed by atoms with Gasteiger partial charge < -0.3 is 10.2 Å². The van der Waals surface area contributed by atoms with E-state index in [9.17, 15) is 19.7 Å². The molecule has 0 aromatic heterocycles. The Morgan fingerprint density at radius 3 is 2.42 bits per heavy atom. The van der Waals surface area contributed by atoms with Gasteiger partial charge in [0, 0.05) is 36.3 Å². The standard InChI is InChI=1S/C17H15N3O4/c21-16-10-13(11-19(16)14-4-2-1-3-5-14)18-17(22)12-6-8-15(9-7-12)20(23)24/h1-9,13H,10-11H2,(H,18,22)/t13-/m1/s1. The molecule has 2 aromatic rings. The third kappa shape index (κ3) is 3.24. The molecule has 3 rings (SSSR count).